The Hall–Kier alpha value is -2.08. The molecule has 1 aromatic carbocycles. The molecule has 0 spiro atoms. The monoisotopic (exact) mass is 277 g/mol. The highest BCUT2D eigenvalue weighted by molar-refractivity contribution is 6.02. The summed E-state index contributed by atoms with van der Waals surface area (Å²) in [6, 6.07) is 5.37. The number of anilines is 2. The van der Waals surface area contributed by atoms with Crippen LogP contribution >= 0.6 is 0 Å². The highest BCUT2D eigenvalue weighted by atomic mass is 16.3. The van der Waals surface area contributed by atoms with Gasteiger partial charge in [0.05, 0.1) is 5.92 Å². The number of amides is 2. The van der Waals surface area contributed by atoms with Gasteiger partial charge in [0.25, 0.3) is 5.91 Å². The van der Waals surface area contributed by atoms with Gasteiger partial charge in [-0.25, -0.2) is 0 Å². The van der Waals surface area contributed by atoms with E-state index in [4.69, 9.17) is 0 Å². The number of aliphatic hydroxyl groups excluding tert-OH is 1. The van der Waals surface area contributed by atoms with Crippen molar-refractivity contribution in [2.24, 2.45) is 5.92 Å². The third-order valence-electron chi connectivity index (χ3n) is 3.52. The fraction of sp³-hybridized carbons (Fsp3) is 0.429. The summed E-state index contributed by atoms with van der Waals surface area (Å²) in [5.41, 5.74) is 2.10. The zero-order valence-electron chi connectivity index (χ0n) is 11.8. The average molecular weight is 277 g/mol. The maximum absolute atomic E-state index is 11.5. The van der Waals surface area contributed by atoms with Crippen molar-refractivity contribution in [1.82, 2.24) is 5.32 Å². The van der Waals surface area contributed by atoms with Crippen LogP contribution in [0.5, 0.6) is 0 Å². The minimum Gasteiger partial charge on any atom is -0.378 e. The van der Waals surface area contributed by atoms with Crippen LogP contribution in [0.3, 0.4) is 0 Å². The number of benzene rings is 1. The molecule has 2 unspecified atom stereocenters. The Morgan fingerprint density at radius 3 is 2.90 bits per heavy atom. The molecule has 1 aromatic rings. The molecule has 0 aliphatic carbocycles. The van der Waals surface area contributed by atoms with E-state index in [0.29, 0.717) is 17.8 Å². The number of hydrogen-bond acceptors (Lipinski definition) is 4. The number of nitrogens with one attached hydrogen (secondary N) is 2. The van der Waals surface area contributed by atoms with E-state index in [1.54, 1.807) is 19.2 Å². The van der Waals surface area contributed by atoms with Crippen molar-refractivity contribution in [3.63, 3.8) is 0 Å². The van der Waals surface area contributed by atoms with Gasteiger partial charge in [-0.05, 0) is 12.1 Å². The van der Waals surface area contributed by atoms with Gasteiger partial charge in [-0.3, -0.25) is 9.59 Å². The van der Waals surface area contributed by atoms with Crippen molar-refractivity contribution in [1.29, 1.82) is 0 Å². The van der Waals surface area contributed by atoms with E-state index in [1.165, 1.54) is 0 Å². The minimum atomic E-state index is -1.09. The summed E-state index contributed by atoms with van der Waals surface area (Å²) in [6.45, 7) is 2.42. The second-order valence-corrected chi connectivity index (χ2v) is 5.06. The molecule has 3 N–H and O–H groups in total. The Kier molecular flexibility index (Phi) is 3.94. The van der Waals surface area contributed by atoms with E-state index >= 15 is 0 Å². The van der Waals surface area contributed by atoms with Crippen LogP contribution in [0.1, 0.15) is 18.6 Å². The fourth-order valence-electron chi connectivity index (χ4n) is 2.32. The number of aliphatic hydroxyl groups is 1. The Morgan fingerprint density at radius 1 is 1.55 bits per heavy atom. The molecule has 6 nitrogen and oxygen atoms in total. The molecule has 0 bridgehead atoms. The highest BCUT2D eigenvalue weighted by Gasteiger charge is 2.28. The Morgan fingerprint density at radius 2 is 2.25 bits per heavy atom. The minimum absolute atomic E-state index is 0.0123. The van der Waals surface area contributed by atoms with Crippen molar-refractivity contribution in [3.05, 3.63) is 23.8 Å². The first kappa shape index (κ1) is 14.3. The van der Waals surface area contributed by atoms with Crippen molar-refractivity contribution >= 4 is 23.2 Å². The highest BCUT2D eigenvalue weighted by Crippen LogP contribution is 2.33. The summed E-state index contributed by atoms with van der Waals surface area (Å²) in [7, 11) is 3.50. The molecule has 0 aromatic heterocycles. The standard InChI is InChI=1S/C14H19N3O3/c1-8(13(19)15-2)7-17(3)9-4-5-10-11(6-9)16-14(20)12(10)18/h4-6,8,12,18H,7H2,1-3H3,(H,15,19)(H,16,20). The molecule has 1 aliphatic heterocycles. The third-order valence-corrected chi connectivity index (χ3v) is 3.52. The maximum atomic E-state index is 11.5. The zero-order valence-corrected chi connectivity index (χ0v) is 11.8. The lowest BCUT2D eigenvalue weighted by molar-refractivity contribution is -0.124. The first-order valence-electron chi connectivity index (χ1n) is 6.49. The summed E-state index contributed by atoms with van der Waals surface area (Å²) in [6.07, 6.45) is -1.09. The number of rotatable bonds is 4. The molecule has 0 saturated heterocycles. The Bertz CT molecular complexity index is 544. The van der Waals surface area contributed by atoms with Crippen LogP contribution in [-0.2, 0) is 9.59 Å². The van der Waals surface area contributed by atoms with E-state index in [-0.39, 0.29) is 11.8 Å². The van der Waals surface area contributed by atoms with Gasteiger partial charge in [0.2, 0.25) is 5.91 Å². The van der Waals surface area contributed by atoms with E-state index in [2.05, 4.69) is 10.6 Å². The zero-order chi connectivity index (χ0) is 14.9. The van der Waals surface area contributed by atoms with Gasteiger partial charge in [0.1, 0.15) is 0 Å². The van der Waals surface area contributed by atoms with Crippen molar-refractivity contribution in [3.8, 4) is 0 Å². The van der Waals surface area contributed by atoms with E-state index in [1.807, 2.05) is 24.9 Å². The molecule has 6 heteroatoms. The predicted octanol–water partition coefficient (Wildman–Crippen LogP) is 0.490. The second-order valence-electron chi connectivity index (χ2n) is 5.06. The molecule has 0 fully saturated rings. The van der Waals surface area contributed by atoms with Gasteiger partial charge in [-0.15, -0.1) is 0 Å². The first-order valence-corrected chi connectivity index (χ1v) is 6.49. The molecule has 0 saturated carbocycles. The fourth-order valence-corrected chi connectivity index (χ4v) is 2.32. The number of carbonyl (C=O) groups excluding carboxylic acids is 2. The van der Waals surface area contributed by atoms with Crippen molar-refractivity contribution in [2.75, 3.05) is 30.9 Å². The largest absolute Gasteiger partial charge is 0.378 e. The molecule has 1 heterocycles. The van der Waals surface area contributed by atoms with Gasteiger partial charge in [-0.1, -0.05) is 13.0 Å². The van der Waals surface area contributed by atoms with Crippen LogP contribution in [0.25, 0.3) is 0 Å². The topological polar surface area (TPSA) is 81.7 Å². The molecule has 108 valence electrons. The summed E-state index contributed by atoms with van der Waals surface area (Å²) >= 11 is 0. The average Bonchev–Trinajstić information content (AvgIpc) is 2.72. The summed E-state index contributed by atoms with van der Waals surface area (Å²) in [5.74, 6) is -0.557. The summed E-state index contributed by atoms with van der Waals surface area (Å²) in [5, 5.41) is 14.9. The molecule has 2 atom stereocenters. The smallest absolute Gasteiger partial charge is 0.257 e. The Balaban J connectivity index is 2.13. The normalized spacial score (nSPS) is 18.2. The van der Waals surface area contributed by atoms with E-state index in [9.17, 15) is 14.7 Å². The third kappa shape index (κ3) is 2.60. The molecule has 1 aliphatic rings. The van der Waals surface area contributed by atoms with Gasteiger partial charge >= 0.3 is 0 Å². The van der Waals surface area contributed by atoms with Gasteiger partial charge in [-0.2, -0.15) is 0 Å². The van der Waals surface area contributed by atoms with Crippen molar-refractivity contribution < 1.29 is 14.7 Å². The van der Waals surface area contributed by atoms with Crippen LogP contribution in [0.15, 0.2) is 18.2 Å². The predicted molar refractivity (Wildman–Crippen MR) is 76.5 cm³/mol. The molecule has 2 rings (SSSR count). The Labute approximate surface area is 117 Å². The van der Waals surface area contributed by atoms with Crippen LogP contribution < -0.4 is 15.5 Å². The molecule has 0 radical (unpaired) electrons. The first-order chi connectivity index (χ1) is 9.43. The number of hydrogen-bond donors (Lipinski definition) is 3. The molecule has 2 amide bonds. The lowest BCUT2D eigenvalue weighted by atomic mass is 10.1. The SMILES string of the molecule is CNC(=O)C(C)CN(C)c1ccc2c(c1)NC(=O)C2O. The van der Waals surface area contributed by atoms with E-state index in [0.717, 1.165) is 5.69 Å². The number of fused-ring (bicyclic) bond motifs is 1. The van der Waals surface area contributed by atoms with Crippen LogP contribution in [0, 0.1) is 5.92 Å². The summed E-state index contributed by atoms with van der Waals surface area (Å²) in [4.78, 5) is 24.9. The second kappa shape index (κ2) is 5.50. The lowest BCUT2D eigenvalue weighted by Crippen LogP contribution is -2.34. The van der Waals surface area contributed by atoms with Crippen molar-refractivity contribution in [2.45, 2.75) is 13.0 Å². The molecular formula is C14H19N3O3. The van der Waals surface area contributed by atoms with E-state index < -0.39 is 12.0 Å². The quantitative estimate of drug-likeness (QED) is 0.748. The lowest BCUT2D eigenvalue weighted by Gasteiger charge is -2.23. The van der Waals surface area contributed by atoms with Gasteiger partial charge < -0.3 is 20.6 Å². The molecular weight excluding hydrogens is 258 g/mol. The summed E-state index contributed by atoms with van der Waals surface area (Å²) < 4.78 is 0. The van der Waals surface area contributed by atoms with Crippen LogP contribution in [0.4, 0.5) is 11.4 Å². The van der Waals surface area contributed by atoms with Crippen LogP contribution in [0.2, 0.25) is 0 Å². The molecule has 20 heavy (non-hydrogen) atoms. The van der Waals surface area contributed by atoms with Gasteiger partial charge in [0.15, 0.2) is 6.10 Å². The number of nitrogens with zero attached hydrogens (tertiary/aromatic N) is 1. The number of carbonyl (C=O) groups is 2. The van der Waals surface area contributed by atoms with Crippen LogP contribution in [-0.4, -0.2) is 37.6 Å². The maximum Gasteiger partial charge on any atom is 0.257 e. The van der Waals surface area contributed by atoms with Gasteiger partial charge in [0, 0.05) is 37.6 Å².